The highest BCUT2D eigenvalue weighted by Gasteiger charge is 2.03. The van der Waals surface area contributed by atoms with Crippen LogP contribution in [0.2, 0.25) is 0 Å². The van der Waals surface area contributed by atoms with Crippen LogP contribution in [0, 0.1) is 0 Å². The van der Waals surface area contributed by atoms with E-state index in [0.717, 1.165) is 0 Å². The molecule has 0 aliphatic rings. The summed E-state index contributed by atoms with van der Waals surface area (Å²) in [5.74, 6) is -0.504. The molecule has 0 spiro atoms. The number of hydrogen-bond donors (Lipinski definition) is 2. The number of alkyl halides is 1. The van der Waals surface area contributed by atoms with Crippen LogP contribution in [0.1, 0.15) is 0 Å². The molecule has 5 nitrogen and oxygen atoms in total. The van der Waals surface area contributed by atoms with E-state index in [9.17, 15) is 8.42 Å². The lowest BCUT2D eigenvalue weighted by molar-refractivity contribution is 0.602. The van der Waals surface area contributed by atoms with Gasteiger partial charge >= 0.3 is 0 Å². The average Bonchev–Trinajstić information content (AvgIpc) is 1.63. The second kappa shape index (κ2) is 2.88. The summed E-state index contributed by atoms with van der Waals surface area (Å²) in [4.78, 5) is 0. The minimum atomic E-state index is -3.62. The maximum Gasteiger partial charge on any atom is 0.270 e. The van der Waals surface area contributed by atoms with E-state index < -0.39 is 21.2 Å². The van der Waals surface area contributed by atoms with Gasteiger partial charge in [-0.25, -0.2) is 8.42 Å². The lowest BCUT2D eigenvalue weighted by atomic mass is 11.1. The van der Waals surface area contributed by atoms with Crippen molar-refractivity contribution in [3.05, 3.63) is 0 Å². The van der Waals surface area contributed by atoms with Crippen molar-refractivity contribution in [3.63, 3.8) is 0 Å². The molecule has 0 aliphatic carbocycles. The average molecular weight is 172 g/mol. The first kappa shape index (κ1) is 8.51. The van der Waals surface area contributed by atoms with Gasteiger partial charge in [0.1, 0.15) is 5.21 Å². The lowest BCUT2D eigenvalue weighted by Crippen LogP contribution is -2.24. The van der Waals surface area contributed by atoms with Crippen LogP contribution >= 0.6 is 11.6 Å². The summed E-state index contributed by atoms with van der Waals surface area (Å²) in [6.45, 7) is 0. The number of halogens is 1. The van der Waals surface area contributed by atoms with Crippen LogP contribution in [0.4, 0.5) is 0 Å². The minimum Gasteiger partial charge on any atom is -0.369 e. The smallest absolute Gasteiger partial charge is 0.270 e. The van der Waals surface area contributed by atoms with E-state index in [1.807, 2.05) is 0 Å². The Bertz CT molecular complexity index is 204. The Morgan fingerprint density at radius 1 is 1.56 bits per heavy atom. The van der Waals surface area contributed by atoms with Gasteiger partial charge in [-0.1, -0.05) is 0 Å². The minimum absolute atomic E-state index is 0.504. The Hall–Kier alpha value is -0.490. The molecule has 0 aliphatic heterocycles. The van der Waals surface area contributed by atoms with Crippen molar-refractivity contribution in [3.8, 4) is 0 Å². The molecule has 9 heavy (non-hydrogen) atoms. The predicted molar refractivity (Wildman–Crippen MR) is 35.4 cm³/mol. The summed E-state index contributed by atoms with van der Waals surface area (Å²) in [6.07, 6.45) is 0. The first-order valence-electron chi connectivity index (χ1n) is 1.87. The summed E-state index contributed by atoms with van der Waals surface area (Å²) >= 11 is 4.93. The SMILES string of the molecule is NC(N)=NS(=O)(=O)CCl. The molecule has 4 N–H and O–H groups in total. The molecule has 0 amide bonds. The Labute approximate surface area is 57.7 Å². The molecule has 7 heteroatoms. The highest BCUT2D eigenvalue weighted by Crippen LogP contribution is 1.92. The van der Waals surface area contributed by atoms with Crippen molar-refractivity contribution in [2.45, 2.75) is 0 Å². The Kier molecular flexibility index (Phi) is 2.72. The third-order valence-corrected chi connectivity index (χ3v) is 1.97. The Morgan fingerprint density at radius 3 is 2.11 bits per heavy atom. The molecule has 0 saturated carbocycles. The van der Waals surface area contributed by atoms with Crippen molar-refractivity contribution >= 4 is 27.6 Å². The number of nitrogens with zero attached hydrogens (tertiary/aromatic N) is 1. The van der Waals surface area contributed by atoms with E-state index in [1.165, 1.54) is 0 Å². The Morgan fingerprint density at radius 2 is 2.00 bits per heavy atom. The maximum absolute atomic E-state index is 10.3. The monoisotopic (exact) mass is 171 g/mol. The molecule has 0 aromatic heterocycles. The summed E-state index contributed by atoms with van der Waals surface area (Å²) in [7, 11) is -3.62. The van der Waals surface area contributed by atoms with E-state index in [4.69, 9.17) is 23.1 Å². The fourth-order valence-corrected chi connectivity index (χ4v) is 0.701. The van der Waals surface area contributed by atoms with Gasteiger partial charge in [0.05, 0.1) is 0 Å². The fourth-order valence-electron chi connectivity index (χ4n) is 0.185. The fraction of sp³-hybridized carbons (Fsp3) is 0.500. The number of hydrogen-bond acceptors (Lipinski definition) is 2. The molecule has 54 valence electrons. The molecule has 0 aromatic carbocycles. The molecule has 0 atom stereocenters. The van der Waals surface area contributed by atoms with E-state index in [2.05, 4.69) is 4.40 Å². The van der Waals surface area contributed by atoms with Crippen molar-refractivity contribution < 1.29 is 8.42 Å². The highest BCUT2D eigenvalue weighted by molar-refractivity contribution is 7.91. The molecular formula is C2H6ClN3O2S. The van der Waals surface area contributed by atoms with Gasteiger partial charge in [0, 0.05) is 0 Å². The number of guanidine groups is 1. The van der Waals surface area contributed by atoms with Gasteiger partial charge in [-0.3, -0.25) is 0 Å². The molecule has 0 unspecified atom stereocenters. The zero-order valence-corrected chi connectivity index (χ0v) is 5.98. The molecule has 0 aromatic rings. The third-order valence-electron chi connectivity index (χ3n) is 0.382. The van der Waals surface area contributed by atoms with Crippen molar-refractivity contribution in [1.82, 2.24) is 0 Å². The molecule has 0 rings (SSSR count). The highest BCUT2D eigenvalue weighted by atomic mass is 35.5. The maximum atomic E-state index is 10.3. The summed E-state index contributed by atoms with van der Waals surface area (Å²) in [5.41, 5.74) is 9.49. The van der Waals surface area contributed by atoms with Gasteiger partial charge < -0.3 is 11.5 Å². The molecular weight excluding hydrogens is 166 g/mol. The molecule has 0 radical (unpaired) electrons. The first-order valence-corrected chi connectivity index (χ1v) is 4.02. The van der Waals surface area contributed by atoms with Crippen LogP contribution < -0.4 is 11.5 Å². The van der Waals surface area contributed by atoms with E-state index in [-0.39, 0.29) is 0 Å². The molecule has 0 heterocycles. The summed E-state index contributed by atoms with van der Waals surface area (Å²) < 4.78 is 23.5. The van der Waals surface area contributed by atoms with Crippen LogP contribution in [-0.2, 0) is 10.0 Å². The second-order valence-electron chi connectivity index (χ2n) is 1.21. The number of sulfonamides is 1. The predicted octanol–water partition coefficient (Wildman–Crippen LogP) is -1.21. The van der Waals surface area contributed by atoms with E-state index >= 15 is 0 Å². The van der Waals surface area contributed by atoms with Crippen LogP contribution in [0.15, 0.2) is 4.40 Å². The molecule has 0 fully saturated rings. The van der Waals surface area contributed by atoms with Crippen molar-refractivity contribution in [1.29, 1.82) is 0 Å². The van der Waals surface area contributed by atoms with Crippen molar-refractivity contribution in [2.75, 3.05) is 5.21 Å². The quantitative estimate of drug-likeness (QED) is 0.309. The van der Waals surface area contributed by atoms with Crippen molar-refractivity contribution in [2.24, 2.45) is 15.9 Å². The number of nitrogens with two attached hydrogens (primary N) is 2. The summed E-state index contributed by atoms with van der Waals surface area (Å²) in [6, 6.07) is 0. The standard InChI is InChI=1S/C2H6ClN3O2S/c3-1-9(7,8)6-2(4)5/h1H2,(H4,4,5,6). The van der Waals surface area contributed by atoms with E-state index in [0.29, 0.717) is 0 Å². The van der Waals surface area contributed by atoms with Gasteiger partial charge in [-0.15, -0.1) is 16.0 Å². The van der Waals surface area contributed by atoms with Gasteiger partial charge in [0.25, 0.3) is 10.0 Å². The van der Waals surface area contributed by atoms with Crippen LogP contribution in [0.3, 0.4) is 0 Å². The molecule has 0 saturated heterocycles. The first-order chi connectivity index (χ1) is 3.98. The third kappa shape index (κ3) is 4.04. The van der Waals surface area contributed by atoms with Crippen LogP contribution in [0.5, 0.6) is 0 Å². The topological polar surface area (TPSA) is 98.5 Å². The van der Waals surface area contributed by atoms with Gasteiger partial charge in [-0.05, 0) is 0 Å². The van der Waals surface area contributed by atoms with E-state index in [1.54, 1.807) is 0 Å². The summed E-state index contributed by atoms with van der Waals surface area (Å²) in [5, 5.41) is -0.606. The second-order valence-corrected chi connectivity index (χ2v) is 3.43. The normalized spacial score (nSPS) is 10.8. The van der Waals surface area contributed by atoms with Gasteiger partial charge in [-0.2, -0.15) is 0 Å². The van der Waals surface area contributed by atoms with Gasteiger partial charge in [0.2, 0.25) is 5.96 Å². The zero-order chi connectivity index (χ0) is 7.49. The Balaban J connectivity index is 4.41. The molecule has 0 bridgehead atoms. The van der Waals surface area contributed by atoms with Crippen LogP contribution in [0.25, 0.3) is 0 Å². The largest absolute Gasteiger partial charge is 0.369 e. The number of rotatable bonds is 2. The zero-order valence-electron chi connectivity index (χ0n) is 4.41. The lowest BCUT2D eigenvalue weighted by Gasteiger charge is -1.89. The van der Waals surface area contributed by atoms with Gasteiger partial charge in [0.15, 0.2) is 0 Å². The van der Waals surface area contributed by atoms with Crippen LogP contribution in [-0.4, -0.2) is 19.6 Å².